The Balaban J connectivity index is 0.00000288. The van der Waals surface area contributed by atoms with Crippen LogP contribution in [0.25, 0.3) is 49.0 Å². The molecule has 0 radical (unpaired) electrons. The van der Waals surface area contributed by atoms with Crippen molar-refractivity contribution in [2.24, 2.45) is 0 Å². The molecule has 2 heteroatoms. The first kappa shape index (κ1) is 49.7. The van der Waals surface area contributed by atoms with E-state index in [0.717, 1.165) is 12.8 Å². The Hall–Kier alpha value is -7.16. The number of nitrogens with zero attached hydrogens (tertiary/aromatic N) is 2. The second-order valence-electron chi connectivity index (χ2n) is 22.8. The van der Waals surface area contributed by atoms with Crippen molar-refractivity contribution in [2.45, 2.75) is 143 Å². The van der Waals surface area contributed by atoms with Gasteiger partial charge in [-0.25, -0.2) is 0 Å². The molecular formula is C74H76N2. The first-order valence-electron chi connectivity index (χ1n) is 29.2. The standard InChI is InChI=1S/C72H70N2.C2H6/c1-7-18-51-41-65-57(55(51)8-2)25-16-27-67(65)73(53-33-29-49(30-34-53)47-19-10-9-11-20-47)69-43-63(45(3)4)59-38-40-62-70(44-64(46(5)6)60-37-39-61(69)71(59)72(60)62)74(54-35-31-50(32-36-54)48-21-12-13-22-48)68-28-17-26-58-56-24-15-14-23-52(56)42-66(58)68;1-2/h7-8,14-18,23-40,43-48H,2,9-13,19-22,41-42H2,1,3-6H3;1-2H3/b18-7-;. The van der Waals surface area contributed by atoms with Gasteiger partial charge in [0.05, 0.1) is 22.7 Å². The zero-order valence-electron chi connectivity index (χ0n) is 46.3. The number of hydrogen-bond donors (Lipinski definition) is 0. The van der Waals surface area contributed by atoms with E-state index >= 15 is 0 Å². The first-order chi connectivity index (χ1) is 37.3. The lowest BCUT2D eigenvalue weighted by molar-refractivity contribution is 0.443. The van der Waals surface area contributed by atoms with Crippen LogP contribution in [-0.2, 0) is 12.8 Å². The average molecular weight is 993 g/mol. The molecule has 0 saturated heterocycles. The van der Waals surface area contributed by atoms with Crippen molar-refractivity contribution in [2.75, 3.05) is 9.80 Å². The second kappa shape index (κ2) is 20.8. The largest absolute Gasteiger partial charge is 0.310 e. The molecule has 0 spiro atoms. The van der Waals surface area contributed by atoms with E-state index < -0.39 is 0 Å². The van der Waals surface area contributed by atoms with E-state index in [9.17, 15) is 0 Å². The summed E-state index contributed by atoms with van der Waals surface area (Å²) in [5, 5.41) is 8.01. The molecule has 4 aliphatic rings. The Morgan fingerprint density at radius 1 is 0.474 bits per heavy atom. The molecule has 0 bridgehead atoms. The Bertz CT molecular complexity index is 3680. The zero-order chi connectivity index (χ0) is 52.2. The van der Waals surface area contributed by atoms with Gasteiger partial charge < -0.3 is 9.80 Å². The summed E-state index contributed by atoms with van der Waals surface area (Å²) in [6.07, 6.45) is 20.2. The van der Waals surface area contributed by atoms with Gasteiger partial charge in [0.2, 0.25) is 0 Å². The Morgan fingerprint density at radius 2 is 0.934 bits per heavy atom. The lowest BCUT2D eigenvalue weighted by Gasteiger charge is -2.33. The summed E-state index contributed by atoms with van der Waals surface area (Å²) in [6, 6.07) is 57.6. The van der Waals surface area contributed by atoms with E-state index in [0.29, 0.717) is 17.8 Å². The van der Waals surface area contributed by atoms with Gasteiger partial charge in [-0.15, -0.1) is 0 Å². The topological polar surface area (TPSA) is 6.48 Å². The predicted octanol–water partition coefficient (Wildman–Crippen LogP) is 22.1. The van der Waals surface area contributed by atoms with Crippen LogP contribution in [0.5, 0.6) is 0 Å². The molecule has 0 aliphatic heterocycles. The summed E-state index contributed by atoms with van der Waals surface area (Å²) in [7, 11) is 0. The molecule has 0 heterocycles. The lowest BCUT2D eigenvalue weighted by Crippen LogP contribution is -2.15. The third-order valence-corrected chi connectivity index (χ3v) is 17.9. The molecule has 0 amide bonds. The van der Waals surface area contributed by atoms with Crippen LogP contribution in [0.4, 0.5) is 34.1 Å². The summed E-state index contributed by atoms with van der Waals surface area (Å²) < 4.78 is 0. The van der Waals surface area contributed by atoms with Crippen molar-refractivity contribution in [3.05, 3.63) is 220 Å². The molecule has 2 saturated carbocycles. The highest BCUT2D eigenvalue weighted by Crippen LogP contribution is 2.54. The molecule has 0 N–H and O–H groups in total. The molecular weight excluding hydrogens is 917 g/mol. The first-order valence-corrected chi connectivity index (χ1v) is 29.2. The minimum atomic E-state index is 0.290. The Kier molecular flexibility index (Phi) is 13.6. The SMILES string of the molecule is C=CC1=C(/C=C\C)Cc2c1cccc2N(c1ccc(C2CCCCC2)cc1)c1cc(C(C)C)c2ccc3c(N(c4ccc(C5CCCC5)cc4)c4cccc5c4Cc4ccccc4-5)cc(C(C)C)c4ccc1c2c43.CC. The maximum absolute atomic E-state index is 4.35. The van der Waals surface area contributed by atoms with Crippen LogP contribution in [0.15, 0.2) is 176 Å². The van der Waals surface area contributed by atoms with Gasteiger partial charge in [-0.3, -0.25) is 0 Å². The summed E-state index contributed by atoms with van der Waals surface area (Å²) in [5.74, 6) is 1.88. The fraction of sp³-hybridized carbons (Fsp3) is 0.297. The van der Waals surface area contributed by atoms with Crippen molar-refractivity contribution in [3.8, 4) is 11.1 Å². The molecule has 2 nitrogen and oxygen atoms in total. The van der Waals surface area contributed by atoms with E-state index in [2.05, 4.69) is 215 Å². The number of anilines is 6. The monoisotopic (exact) mass is 993 g/mol. The quantitative estimate of drug-likeness (QED) is 0.113. The van der Waals surface area contributed by atoms with E-state index in [1.807, 2.05) is 13.8 Å². The molecule has 0 unspecified atom stereocenters. The van der Waals surface area contributed by atoms with E-state index in [4.69, 9.17) is 0 Å². The van der Waals surface area contributed by atoms with E-state index in [-0.39, 0.29) is 5.92 Å². The number of benzene rings is 9. The molecule has 9 aromatic rings. The van der Waals surface area contributed by atoms with Gasteiger partial charge >= 0.3 is 0 Å². The minimum absolute atomic E-state index is 0.290. The zero-order valence-corrected chi connectivity index (χ0v) is 46.3. The molecule has 76 heavy (non-hydrogen) atoms. The summed E-state index contributed by atoms with van der Waals surface area (Å²) in [6.45, 7) is 20.0. The van der Waals surface area contributed by atoms with E-state index in [1.165, 1.54) is 191 Å². The normalized spacial score (nSPS) is 15.6. The number of allylic oxidation sites excluding steroid dienone is 5. The van der Waals surface area contributed by atoms with Gasteiger partial charge in [-0.1, -0.05) is 196 Å². The van der Waals surface area contributed by atoms with Crippen LogP contribution in [-0.4, -0.2) is 0 Å². The van der Waals surface area contributed by atoms with Crippen LogP contribution in [0, 0.1) is 0 Å². The van der Waals surface area contributed by atoms with Crippen LogP contribution >= 0.6 is 0 Å². The van der Waals surface area contributed by atoms with Gasteiger partial charge in [0.25, 0.3) is 0 Å². The maximum Gasteiger partial charge on any atom is 0.0543 e. The van der Waals surface area contributed by atoms with Gasteiger partial charge in [0.15, 0.2) is 0 Å². The average Bonchev–Trinajstić information content (AvgIpc) is 4.31. The number of fused-ring (bicyclic) bond motifs is 4. The van der Waals surface area contributed by atoms with Crippen LogP contribution < -0.4 is 9.80 Å². The molecule has 2 fully saturated rings. The van der Waals surface area contributed by atoms with Gasteiger partial charge in [0.1, 0.15) is 0 Å². The molecule has 9 aromatic carbocycles. The van der Waals surface area contributed by atoms with Gasteiger partial charge in [0, 0.05) is 35.0 Å². The summed E-state index contributed by atoms with van der Waals surface area (Å²) >= 11 is 0. The molecule has 13 rings (SSSR count). The Labute approximate surface area is 453 Å². The Morgan fingerprint density at radius 3 is 1.43 bits per heavy atom. The minimum Gasteiger partial charge on any atom is -0.310 e. The van der Waals surface area contributed by atoms with Crippen LogP contribution in [0.1, 0.15) is 174 Å². The van der Waals surface area contributed by atoms with Crippen molar-refractivity contribution in [1.29, 1.82) is 0 Å². The maximum atomic E-state index is 4.35. The molecule has 4 aliphatic carbocycles. The second-order valence-corrected chi connectivity index (χ2v) is 22.8. The van der Waals surface area contributed by atoms with Gasteiger partial charge in [-0.05, 0) is 193 Å². The number of hydrogen-bond acceptors (Lipinski definition) is 2. The van der Waals surface area contributed by atoms with Crippen molar-refractivity contribution in [1.82, 2.24) is 0 Å². The van der Waals surface area contributed by atoms with E-state index in [1.54, 1.807) is 0 Å². The molecule has 0 aromatic heterocycles. The van der Waals surface area contributed by atoms with Crippen molar-refractivity contribution < 1.29 is 0 Å². The van der Waals surface area contributed by atoms with Gasteiger partial charge in [-0.2, -0.15) is 0 Å². The smallest absolute Gasteiger partial charge is 0.0543 e. The fourth-order valence-corrected chi connectivity index (χ4v) is 14.3. The van der Waals surface area contributed by atoms with Crippen molar-refractivity contribution in [3.63, 3.8) is 0 Å². The third-order valence-electron chi connectivity index (χ3n) is 17.9. The van der Waals surface area contributed by atoms with Crippen LogP contribution in [0.3, 0.4) is 0 Å². The fourth-order valence-electron chi connectivity index (χ4n) is 14.3. The predicted molar refractivity (Wildman–Crippen MR) is 330 cm³/mol. The molecule has 0 atom stereocenters. The highest BCUT2D eigenvalue weighted by molar-refractivity contribution is 6.29. The van der Waals surface area contributed by atoms with Crippen LogP contribution in [0.2, 0.25) is 0 Å². The highest BCUT2D eigenvalue weighted by atomic mass is 15.2. The lowest BCUT2D eigenvalue weighted by atomic mass is 9.83. The third kappa shape index (κ3) is 8.39. The summed E-state index contributed by atoms with van der Waals surface area (Å²) in [5.41, 5.74) is 23.9. The summed E-state index contributed by atoms with van der Waals surface area (Å²) in [4.78, 5) is 5.28. The van der Waals surface area contributed by atoms with Crippen molar-refractivity contribution >= 4 is 72.0 Å². The highest BCUT2D eigenvalue weighted by Gasteiger charge is 2.31. The number of rotatable bonds is 12. The molecule has 382 valence electrons.